The Balaban J connectivity index is 2.24. The molecule has 1 aromatic rings. The fraction of sp³-hybridized carbons (Fsp3) is 0.417. The maximum absolute atomic E-state index is 13.0. The monoisotopic (exact) mass is 223 g/mol. The van der Waals surface area contributed by atoms with Crippen molar-refractivity contribution in [3.63, 3.8) is 0 Å². The highest BCUT2D eigenvalue weighted by molar-refractivity contribution is 5.84. The molecule has 0 N–H and O–H groups in total. The maximum atomic E-state index is 13.0. The zero-order chi connectivity index (χ0) is 11.5. The summed E-state index contributed by atoms with van der Waals surface area (Å²) < 4.78 is 18.2. The van der Waals surface area contributed by atoms with Crippen LogP contribution in [0.3, 0.4) is 0 Å². The van der Waals surface area contributed by atoms with Gasteiger partial charge in [-0.1, -0.05) is 0 Å². The van der Waals surface area contributed by atoms with Crippen LogP contribution in [-0.2, 0) is 4.74 Å². The molecule has 1 aliphatic heterocycles. The van der Waals surface area contributed by atoms with E-state index in [1.165, 1.54) is 12.1 Å². The van der Waals surface area contributed by atoms with Gasteiger partial charge in [0, 0.05) is 31.5 Å². The average Bonchev–Trinajstić information content (AvgIpc) is 2.77. The van der Waals surface area contributed by atoms with E-state index >= 15 is 0 Å². The number of aldehydes is 1. The lowest BCUT2D eigenvalue weighted by atomic mass is 10.2. The van der Waals surface area contributed by atoms with Crippen LogP contribution in [0.25, 0.3) is 0 Å². The van der Waals surface area contributed by atoms with Crippen LogP contribution in [0.5, 0.6) is 0 Å². The zero-order valence-electron chi connectivity index (χ0n) is 9.15. The number of ether oxygens (including phenoxy) is 1. The highest BCUT2D eigenvalue weighted by Gasteiger charge is 2.23. The minimum Gasteiger partial charge on any atom is -0.380 e. The van der Waals surface area contributed by atoms with Crippen LogP contribution in [0.4, 0.5) is 10.1 Å². The number of carbonyl (C=O) groups excluding carboxylic acids is 1. The molecule has 0 amide bonds. The second kappa shape index (κ2) is 4.61. The van der Waals surface area contributed by atoms with Crippen molar-refractivity contribution >= 4 is 12.0 Å². The summed E-state index contributed by atoms with van der Waals surface area (Å²) in [7, 11) is 1.68. The molecule has 16 heavy (non-hydrogen) atoms. The minimum absolute atomic E-state index is 0.199. The molecule has 1 aromatic carbocycles. The van der Waals surface area contributed by atoms with E-state index in [9.17, 15) is 9.18 Å². The molecule has 86 valence electrons. The van der Waals surface area contributed by atoms with Gasteiger partial charge in [-0.25, -0.2) is 4.39 Å². The summed E-state index contributed by atoms with van der Waals surface area (Å²) in [4.78, 5) is 12.9. The number of methoxy groups -OCH3 is 1. The summed E-state index contributed by atoms with van der Waals surface area (Å²) >= 11 is 0. The van der Waals surface area contributed by atoms with Crippen molar-refractivity contribution in [2.45, 2.75) is 12.5 Å². The lowest BCUT2D eigenvalue weighted by Crippen LogP contribution is -2.23. The van der Waals surface area contributed by atoms with Gasteiger partial charge in [-0.05, 0) is 24.6 Å². The van der Waals surface area contributed by atoms with Crippen LogP contribution < -0.4 is 4.90 Å². The highest BCUT2D eigenvalue weighted by atomic mass is 19.1. The third-order valence-electron chi connectivity index (χ3n) is 2.94. The molecular weight excluding hydrogens is 209 g/mol. The summed E-state index contributed by atoms with van der Waals surface area (Å²) in [5, 5.41) is 0. The normalized spacial score (nSPS) is 20.1. The van der Waals surface area contributed by atoms with Crippen molar-refractivity contribution in [3.8, 4) is 0 Å². The molecule has 1 saturated heterocycles. The third kappa shape index (κ3) is 2.07. The molecule has 4 heteroatoms. The molecule has 2 rings (SSSR count). The van der Waals surface area contributed by atoms with Gasteiger partial charge < -0.3 is 9.64 Å². The molecule has 1 fully saturated rings. The topological polar surface area (TPSA) is 29.5 Å². The van der Waals surface area contributed by atoms with E-state index in [1.54, 1.807) is 13.2 Å². The average molecular weight is 223 g/mol. The Morgan fingerprint density at radius 3 is 3.00 bits per heavy atom. The largest absolute Gasteiger partial charge is 0.380 e. The summed E-state index contributed by atoms with van der Waals surface area (Å²) in [6, 6.07) is 4.29. The smallest absolute Gasteiger partial charge is 0.152 e. The van der Waals surface area contributed by atoms with Crippen LogP contribution in [0.2, 0.25) is 0 Å². The van der Waals surface area contributed by atoms with Gasteiger partial charge in [0.25, 0.3) is 0 Å². The Morgan fingerprint density at radius 2 is 2.38 bits per heavy atom. The lowest BCUT2D eigenvalue weighted by Gasteiger charge is -2.20. The van der Waals surface area contributed by atoms with E-state index in [2.05, 4.69) is 4.90 Å². The molecule has 3 nitrogen and oxygen atoms in total. The fourth-order valence-corrected chi connectivity index (χ4v) is 2.05. The van der Waals surface area contributed by atoms with Gasteiger partial charge in [0.05, 0.1) is 6.10 Å². The number of carbonyl (C=O) groups is 1. The van der Waals surface area contributed by atoms with Crippen molar-refractivity contribution in [3.05, 3.63) is 29.6 Å². The van der Waals surface area contributed by atoms with Crippen LogP contribution in [0.1, 0.15) is 16.8 Å². The minimum atomic E-state index is -0.381. The van der Waals surface area contributed by atoms with Crippen LogP contribution >= 0.6 is 0 Å². The number of benzene rings is 1. The Morgan fingerprint density at radius 1 is 1.56 bits per heavy atom. The summed E-state index contributed by atoms with van der Waals surface area (Å²) in [6.45, 7) is 1.59. The van der Waals surface area contributed by atoms with Crippen LogP contribution in [0.15, 0.2) is 18.2 Å². The van der Waals surface area contributed by atoms with Crippen molar-refractivity contribution in [2.24, 2.45) is 0 Å². The highest BCUT2D eigenvalue weighted by Crippen LogP contribution is 2.25. The van der Waals surface area contributed by atoms with Gasteiger partial charge in [0.2, 0.25) is 0 Å². The van der Waals surface area contributed by atoms with E-state index < -0.39 is 0 Å². The quantitative estimate of drug-likeness (QED) is 0.732. The fourth-order valence-electron chi connectivity index (χ4n) is 2.05. The summed E-state index contributed by atoms with van der Waals surface area (Å²) in [5.41, 5.74) is 1.19. The predicted octanol–water partition coefficient (Wildman–Crippen LogP) is 1.86. The number of nitrogens with zero attached hydrogens (tertiary/aromatic N) is 1. The van der Waals surface area contributed by atoms with E-state index in [4.69, 9.17) is 4.74 Å². The van der Waals surface area contributed by atoms with Crippen molar-refractivity contribution in [2.75, 3.05) is 25.1 Å². The van der Waals surface area contributed by atoms with E-state index in [-0.39, 0.29) is 11.9 Å². The molecule has 0 radical (unpaired) electrons. The van der Waals surface area contributed by atoms with Gasteiger partial charge in [0.1, 0.15) is 5.82 Å². The molecule has 0 spiro atoms. The number of anilines is 1. The van der Waals surface area contributed by atoms with Gasteiger partial charge in [-0.2, -0.15) is 0 Å². The van der Waals surface area contributed by atoms with Crippen LogP contribution in [-0.4, -0.2) is 32.6 Å². The van der Waals surface area contributed by atoms with Gasteiger partial charge in [-0.3, -0.25) is 4.79 Å². The predicted molar refractivity (Wildman–Crippen MR) is 59.4 cm³/mol. The first kappa shape index (κ1) is 11.1. The molecule has 1 heterocycles. The standard InChI is InChI=1S/C12H14FNO2/c1-16-11-4-5-14(7-11)12-3-2-10(13)6-9(12)8-15/h2-3,6,8,11H,4-5,7H2,1H3. The third-order valence-corrected chi connectivity index (χ3v) is 2.94. The molecule has 0 aromatic heterocycles. The SMILES string of the molecule is COC1CCN(c2ccc(F)cc2C=O)C1. The number of hydrogen-bond acceptors (Lipinski definition) is 3. The van der Waals surface area contributed by atoms with E-state index in [0.717, 1.165) is 25.2 Å². The molecule has 1 aliphatic rings. The second-order valence-electron chi connectivity index (χ2n) is 3.91. The Bertz CT molecular complexity index is 395. The Hall–Kier alpha value is -1.42. The molecule has 0 saturated carbocycles. The zero-order valence-corrected chi connectivity index (χ0v) is 9.15. The second-order valence-corrected chi connectivity index (χ2v) is 3.91. The molecule has 1 unspecified atom stereocenters. The van der Waals surface area contributed by atoms with Crippen molar-refractivity contribution in [1.29, 1.82) is 0 Å². The first-order valence-corrected chi connectivity index (χ1v) is 5.27. The molecule has 0 aliphatic carbocycles. The van der Waals surface area contributed by atoms with Gasteiger partial charge >= 0.3 is 0 Å². The van der Waals surface area contributed by atoms with Crippen molar-refractivity contribution in [1.82, 2.24) is 0 Å². The molecule has 0 bridgehead atoms. The molecule has 1 atom stereocenters. The number of rotatable bonds is 3. The van der Waals surface area contributed by atoms with E-state index in [1.807, 2.05) is 0 Å². The lowest BCUT2D eigenvalue weighted by molar-refractivity contribution is 0.112. The first-order chi connectivity index (χ1) is 7.74. The molecular formula is C12H14FNO2. The summed E-state index contributed by atoms with van der Waals surface area (Å²) in [5.74, 6) is -0.381. The number of hydrogen-bond donors (Lipinski definition) is 0. The van der Waals surface area contributed by atoms with Gasteiger partial charge in [0.15, 0.2) is 6.29 Å². The van der Waals surface area contributed by atoms with E-state index in [0.29, 0.717) is 11.8 Å². The maximum Gasteiger partial charge on any atom is 0.152 e. The Labute approximate surface area is 93.8 Å². The van der Waals surface area contributed by atoms with Crippen LogP contribution in [0, 0.1) is 5.82 Å². The van der Waals surface area contributed by atoms with Crippen molar-refractivity contribution < 1.29 is 13.9 Å². The first-order valence-electron chi connectivity index (χ1n) is 5.27. The Kier molecular flexibility index (Phi) is 3.19. The summed E-state index contributed by atoms with van der Waals surface area (Å²) in [6.07, 6.45) is 1.83. The van der Waals surface area contributed by atoms with Gasteiger partial charge in [-0.15, -0.1) is 0 Å². The number of halogens is 1.